The topological polar surface area (TPSA) is 17.1 Å². The Morgan fingerprint density at radius 2 is 1.56 bits per heavy atom. The molecule has 0 heterocycles. The maximum atomic E-state index is 12.1. The molecule has 3 rings (SSSR count). The molecule has 2 aromatic carbocycles. The third-order valence-corrected chi connectivity index (χ3v) is 6.05. The highest BCUT2D eigenvalue weighted by molar-refractivity contribution is 5.87. The van der Waals surface area contributed by atoms with Crippen LogP contribution in [0.1, 0.15) is 97.8 Å². The summed E-state index contributed by atoms with van der Waals surface area (Å²) in [7, 11) is 0. The first kappa shape index (κ1) is 19.9. The van der Waals surface area contributed by atoms with Gasteiger partial charge in [-0.15, -0.1) is 0 Å². The molecule has 0 fully saturated rings. The molecule has 0 radical (unpaired) electrons. The second-order valence-electron chi connectivity index (χ2n) is 8.03. The van der Waals surface area contributed by atoms with Gasteiger partial charge in [0.05, 0.1) is 0 Å². The molecule has 0 aromatic heterocycles. The van der Waals surface area contributed by atoms with Gasteiger partial charge in [0.25, 0.3) is 0 Å². The van der Waals surface area contributed by atoms with Crippen LogP contribution in [-0.2, 0) is 19.3 Å². The molecule has 144 valence electrons. The average Bonchev–Trinajstić information content (AvgIpc) is 3.06. The zero-order chi connectivity index (χ0) is 19.1. The van der Waals surface area contributed by atoms with E-state index in [1.807, 2.05) is 0 Å². The van der Waals surface area contributed by atoms with Gasteiger partial charge in [-0.25, -0.2) is 0 Å². The first-order chi connectivity index (χ1) is 13.3. The molecule has 0 atom stereocenters. The van der Waals surface area contributed by atoms with E-state index in [4.69, 9.17) is 0 Å². The molecule has 0 spiro atoms. The van der Waals surface area contributed by atoms with Crippen LogP contribution in [0.2, 0.25) is 0 Å². The summed E-state index contributed by atoms with van der Waals surface area (Å²) in [6, 6.07) is 11.1. The lowest BCUT2D eigenvalue weighted by atomic mass is 9.87. The van der Waals surface area contributed by atoms with Crippen molar-refractivity contribution >= 4 is 6.29 Å². The Bertz CT molecular complexity index is 772. The number of carbonyl (C=O) groups is 1. The fourth-order valence-electron chi connectivity index (χ4n) is 4.54. The van der Waals surface area contributed by atoms with Gasteiger partial charge in [0.1, 0.15) is 0 Å². The van der Waals surface area contributed by atoms with E-state index in [2.05, 4.69) is 44.2 Å². The molecule has 0 bridgehead atoms. The molecule has 0 saturated heterocycles. The predicted octanol–water partition coefficient (Wildman–Crippen LogP) is 7.32. The zero-order valence-corrected chi connectivity index (χ0v) is 17.2. The number of aryl methyl sites for hydroxylation is 1. The van der Waals surface area contributed by atoms with Crippen LogP contribution in [0.15, 0.2) is 30.3 Å². The van der Waals surface area contributed by atoms with Crippen molar-refractivity contribution in [3.05, 3.63) is 58.1 Å². The molecule has 0 aliphatic heterocycles. The van der Waals surface area contributed by atoms with Crippen LogP contribution in [0.3, 0.4) is 0 Å². The maximum Gasteiger partial charge on any atom is 0.150 e. The van der Waals surface area contributed by atoms with Gasteiger partial charge >= 0.3 is 0 Å². The van der Waals surface area contributed by atoms with E-state index in [9.17, 15) is 4.79 Å². The Balaban J connectivity index is 1.95. The number of carbonyl (C=O) groups excluding carboxylic acids is 1. The molecule has 0 N–H and O–H groups in total. The summed E-state index contributed by atoms with van der Waals surface area (Å²) in [6.07, 6.45) is 14.2. The molecule has 1 heteroatoms. The number of hydrogen-bond donors (Lipinski definition) is 0. The summed E-state index contributed by atoms with van der Waals surface area (Å²) < 4.78 is 0. The minimum Gasteiger partial charge on any atom is -0.298 e. The first-order valence-electron chi connectivity index (χ1n) is 11.0. The fourth-order valence-corrected chi connectivity index (χ4v) is 4.54. The minimum atomic E-state index is 0.992. The van der Waals surface area contributed by atoms with E-state index in [0.29, 0.717) is 0 Å². The highest BCUT2D eigenvalue weighted by Crippen LogP contribution is 2.41. The summed E-state index contributed by atoms with van der Waals surface area (Å²) >= 11 is 0. The van der Waals surface area contributed by atoms with Crippen LogP contribution in [0.5, 0.6) is 0 Å². The van der Waals surface area contributed by atoms with E-state index in [0.717, 1.165) is 31.1 Å². The quantitative estimate of drug-likeness (QED) is 0.258. The van der Waals surface area contributed by atoms with Gasteiger partial charge in [0.2, 0.25) is 0 Å². The Hall–Kier alpha value is -1.89. The van der Waals surface area contributed by atoms with Crippen LogP contribution in [0, 0.1) is 0 Å². The summed E-state index contributed by atoms with van der Waals surface area (Å²) in [5.41, 5.74) is 9.26. The smallest absolute Gasteiger partial charge is 0.150 e. The summed E-state index contributed by atoms with van der Waals surface area (Å²) in [6.45, 7) is 4.50. The normalized spacial score (nSPS) is 12.1. The number of aldehydes is 1. The second kappa shape index (κ2) is 9.88. The maximum absolute atomic E-state index is 12.1. The number of fused-ring (bicyclic) bond motifs is 3. The minimum absolute atomic E-state index is 0.992. The molecule has 1 nitrogen and oxygen atoms in total. The van der Waals surface area contributed by atoms with E-state index < -0.39 is 0 Å². The van der Waals surface area contributed by atoms with Crippen molar-refractivity contribution in [1.82, 2.24) is 0 Å². The fraction of sp³-hybridized carbons (Fsp3) is 0.500. The van der Waals surface area contributed by atoms with Crippen molar-refractivity contribution in [3.63, 3.8) is 0 Å². The van der Waals surface area contributed by atoms with Crippen molar-refractivity contribution in [3.8, 4) is 11.1 Å². The van der Waals surface area contributed by atoms with Gasteiger partial charge in [-0.2, -0.15) is 0 Å². The van der Waals surface area contributed by atoms with E-state index >= 15 is 0 Å². The zero-order valence-electron chi connectivity index (χ0n) is 17.2. The van der Waals surface area contributed by atoms with Gasteiger partial charge in [-0.3, -0.25) is 4.79 Å². The predicted molar refractivity (Wildman–Crippen MR) is 116 cm³/mol. The second-order valence-corrected chi connectivity index (χ2v) is 8.03. The molecule has 0 amide bonds. The highest BCUT2D eigenvalue weighted by Gasteiger charge is 2.24. The van der Waals surface area contributed by atoms with E-state index in [1.54, 1.807) is 0 Å². The number of rotatable bonds is 11. The van der Waals surface area contributed by atoms with E-state index in [-0.39, 0.29) is 0 Å². The highest BCUT2D eigenvalue weighted by atomic mass is 16.1. The Labute approximate surface area is 165 Å². The third-order valence-electron chi connectivity index (χ3n) is 6.05. The molecule has 27 heavy (non-hydrogen) atoms. The molecule has 1 aliphatic carbocycles. The monoisotopic (exact) mass is 362 g/mol. The Morgan fingerprint density at radius 3 is 2.26 bits per heavy atom. The molecular formula is C26H34O. The standard InChI is InChI=1S/C26H34O/c1-3-5-7-9-13-21-18-24-22-15-12-11-14-20(22)17-25(24)23(26(21)19-27)16-10-8-6-4-2/h11-12,14-15,18-19H,3-10,13,16-17H2,1-2H3. The molecular weight excluding hydrogens is 328 g/mol. The average molecular weight is 363 g/mol. The van der Waals surface area contributed by atoms with Gasteiger partial charge in [0, 0.05) is 5.56 Å². The van der Waals surface area contributed by atoms with Crippen molar-refractivity contribution in [1.29, 1.82) is 0 Å². The van der Waals surface area contributed by atoms with Crippen LogP contribution in [0.4, 0.5) is 0 Å². The molecule has 2 aromatic rings. The third kappa shape index (κ3) is 4.51. The van der Waals surface area contributed by atoms with Crippen molar-refractivity contribution in [2.24, 2.45) is 0 Å². The van der Waals surface area contributed by atoms with Gasteiger partial charge in [-0.05, 0) is 65.5 Å². The lowest BCUT2D eigenvalue weighted by molar-refractivity contribution is 0.112. The Kier molecular flexibility index (Phi) is 7.26. The number of unbranched alkanes of at least 4 members (excludes halogenated alkanes) is 6. The van der Waals surface area contributed by atoms with Crippen LogP contribution >= 0.6 is 0 Å². The van der Waals surface area contributed by atoms with Gasteiger partial charge < -0.3 is 0 Å². The lowest BCUT2D eigenvalue weighted by Gasteiger charge is -2.17. The largest absolute Gasteiger partial charge is 0.298 e. The first-order valence-corrected chi connectivity index (χ1v) is 11.0. The summed E-state index contributed by atoms with van der Waals surface area (Å²) in [5.74, 6) is 0. The van der Waals surface area contributed by atoms with Crippen LogP contribution in [-0.4, -0.2) is 6.29 Å². The van der Waals surface area contributed by atoms with Gasteiger partial charge in [-0.1, -0.05) is 82.7 Å². The Morgan fingerprint density at radius 1 is 0.852 bits per heavy atom. The SMILES string of the molecule is CCCCCCc1cc2c(c(CCCCCC)c1C=O)Cc1ccccc1-2. The summed E-state index contributed by atoms with van der Waals surface area (Å²) in [5, 5.41) is 0. The van der Waals surface area contributed by atoms with Crippen molar-refractivity contribution in [2.75, 3.05) is 0 Å². The molecule has 0 unspecified atom stereocenters. The van der Waals surface area contributed by atoms with Gasteiger partial charge in [0.15, 0.2) is 6.29 Å². The van der Waals surface area contributed by atoms with Crippen molar-refractivity contribution < 1.29 is 4.79 Å². The molecule has 0 saturated carbocycles. The number of hydrogen-bond acceptors (Lipinski definition) is 1. The number of benzene rings is 2. The van der Waals surface area contributed by atoms with Crippen molar-refractivity contribution in [2.45, 2.75) is 84.5 Å². The summed E-state index contributed by atoms with van der Waals surface area (Å²) in [4.78, 5) is 12.1. The van der Waals surface area contributed by atoms with Crippen LogP contribution in [0.25, 0.3) is 11.1 Å². The lowest BCUT2D eigenvalue weighted by Crippen LogP contribution is -2.05. The van der Waals surface area contributed by atoms with E-state index in [1.165, 1.54) is 84.7 Å². The molecule has 1 aliphatic rings. The van der Waals surface area contributed by atoms with Crippen LogP contribution < -0.4 is 0 Å².